The van der Waals surface area contributed by atoms with Crippen molar-refractivity contribution in [3.05, 3.63) is 83.4 Å². The second-order valence-electron chi connectivity index (χ2n) is 8.37. The van der Waals surface area contributed by atoms with E-state index >= 15 is 0 Å². The molecule has 1 N–H and O–H groups in total. The zero-order valence-corrected chi connectivity index (χ0v) is 18.0. The normalized spacial score (nSPS) is 18.8. The maximum atomic E-state index is 13.2. The monoisotopic (exact) mass is 439 g/mol. The van der Waals surface area contributed by atoms with Gasteiger partial charge in [0, 0.05) is 6.42 Å². The number of nitrogens with one attached hydrogen (secondary N) is 1. The lowest BCUT2D eigenvalue weighted by molar-refractivity contribution is -0.131. The van der Waals surface area contributed by atoms with Gasteiger partial charge in [-0.15, -0.1) is 0 Å². The second-order valence-corrected chi connectivity index (χ2v) is 8.37. The molecule has 1 saturated heterocycles. The second kappa shape index (κ2) is 7.99. The summed E-state index contributed by atoms with van der Waals surface area (Å²) < 4.78 is 10.8. The van der Waals surface area contributed by atoms with E-state index in [1.807, 2.05) is 60.7 Å². The van der Waals surface area contributed by atoms with Gasteiger partial charge in [0.1, 0.15) is 5.54 Å². The molecule has 0 saturated carbocycles. The third-order valence-electron chi connectivity index (χ3n) is 5.99. The SMILES string of the molecule is C[C@@]1(Cc2ccc3c(c2)OCO3)NC(=O)N(Cc2ccc(-c3ccccc3C#N)cc2)C1=O. The van der Waals surface area contributed by atoms with Crippen molar-refractivity contribution >= 4 is 11.9 Å². The Labute approximate surface area is 191 Å². The Morgan fingerprint density at radius 1 is 1.00 bits per heavy atom. The van der Waals surface area contributed by atoms with Crippen molar-refractivity contribution in [1.82, 2.24) is 10.2 Å². The summed E-state index contributed by atoms with van der Waals surface area (Å²) in [6, 6.07) is 22.2. The number of hydrogen-bond acceptors (Lipinski definition) is 5. The average molecular weight is 439 g/mol. The van der Waals surface area contributed by atoms with E-state index in [2.05, 4.69) is 11.4 Å². The van der Waals surface area contributed by atoms with Gasteiger partial charge in [-0.3, -0.25) is 9.69 Å². The van der Waals surface area contributed by atoms with E-state index < -0.39 is 11.6 Å². The van der Waals surface area contributed by atoms with Crippen LogP contribution in [0.3, 0.4) is 0 Å². The lowest BCUT2D eigenvalue weighted by Gasteiger charge is -2.22. The highest BCUT2D eigenvalue weighted by atomic mass is 16.7. The molecule has 164 valence electrons. The fourth-order valence-electron chi connectivity index (χ4n) is 4.27. The van der Waals surface area contributed by atoms with E-state index in [4.69, 9.17) is 9.47 Å². The molecule has 2 aliphatic rings. The van der Waals surface area contributed by atoms with E-state index in [0.717, 1.165) is 22.3 Å². The Kier molecular flexibility index (Phi) is 4.98. The van der Waals surface area contributed by atoms with Gasteiger partial charge < -0.3 is 14.8 Å². The van der Waals surface area contributed by atoms with Crippen LogP contribution in [0, 0.1) is 11.3 Å². The highest BCUT2D eigenvalue weighted by Gasteiger charge is 2.47. The number of fused-ring (bicyclic) bond motifs is 1. The largest absolute Gasteiger partial charge is 0.454 e. The molecule has 0 bridgehead atoms. The van der Waals surface area contributed by atoms with Gasteiger partial charge in [-0.05, 0) is 47.4 Å². The molecule has 0 aromatic heterocycles. The van der Waals surface area contributed by atoms with E-state index in [9.17, 15) is 14.9 Å². The number of imide groups is 1. The molecule has 0 radical (unpaired) electrons. The summed E-state index contributed by atoms with van der Waals surface area (Å²) in [4.78, 5) is 27.1. The quantitative estimate of drug-likeness (QED) is 0.607. The van der Waals surface area contributed by atoms with Gasteiger partial charge in [0.05, 0.1) is 18.2 Å². The Bertz CT molecular complexity index is 1300. The van der Waals surface area contributed by atoms with Gasteiger partial charge in [-0.1, -0.05) is 48.5 Å². The maximum absolute atomic E-state index is 13.2. The van der Waals surface area contributed by atoms with Gasteiger partial charge in [-0.2, -0.15) is 5.26 Å². The van der Waals surface area contributed by atoms with Gasteiger partial charge in [0.2, 0.25) is 6.79 Å². The van der Waals surface area contributed by atoms with Crippen molar-refractivity contribution in [3.63, 3.8) is 0 Å². The lowest BCUT2D eigenvalue weighted by Crippen LogP contribution is -2.45. The molecule has 3 aromatic carbocycles. The predicted octanol–water partition coefficient (Wildman–Crippen LogP) is 4.01. The van der Waals surface area contributed by atoms with Crippen molar-refractivity contribution in [2.45, 2.75) is 25.4 Å². The molecule has 2 heterocycles. The number of nitriles is 1. The molecular formula is C26H21N3O4. The number of carbonyl (C=O) groups is 2. The van der Waals surface area contributed by atoms with Crippen LogP contribution in [0.5, 0.6) is 11.5 Å². The van der Waals surface area contributed by atoms with Crippen LogP contribution in [0.1, 0.15) is 23.6 Å². The van der Waals surface area contributed by atoms with Gasteiger partial charge in [-0.25, -0.2) is 4.79 Å². The zero-order chi connectivity index (χ0) is 23.0. The van der Waals surface area contributed by atoms with Crippen LogP contribution < -0.4 is 14.8 Å². The fourth-order valence-corrected chi connectivity index (χ4v) is 4.27. The van der Waals surface area contributed by atoms with E-state index in [0.29, 0.717) is 23.5 Å². The summed E-state index contributed by atoms with van der Waals surface area (Å²) in [6.45, 7) is 2.09. The number of rotatable bonds is 5. The van der Waals surface area contributed by atoms with Crippen molar-refractivity contribution in [2.24, 2.45) is 0 Å². The summed E-state index contributed by atoms with van der Waals surface area (Å²) in [5.41, 5.74) is 3.00. The number of benzene rings is 3. The number of ether oxygens (including phenoxy) is 2. The zero-order valence-electron chi connectivity index (χ0n) is 18.0. The van der Waals surface area contributed by atoms with E-state index in [1.54, 1.807) is 13.0 Å². The van der Waals surface area contributed by atoms with Crippen LogP contribution in [0.15, 0.2) is 66.7 Å². The van der Waals surface area contributed by atoms with Gasteiger partial charge in [0.15, 0.2) is 11.5 Å². The molecule has 3 amide bonds. The molecule has 5 rings (SSSR count). The maximum Gasteiger partial charge on any atom is 0.325 e. The molecule has 0 spiro atoms. The number of nitrogens with zero attached hydrogens (tertiary/aromatic N) is 2. The average Bonchev–Trinajstić information content (AvgIpc) is 3.37. The minimum atomic E-state index is -1.05. The van der Waals surface area contributed by atoms with Crippen LogP contribution in [0.2, 0.25) is 0 Å². The Balaban J connectivity index is 1.32. The van der Waals surface area contributed by atoms with Gasteiger partial charge >= 0.3 is 6.03 Å². The number of carbonyl (C=O) groups excluding carboxylic acids is 2. The molecule has 1 fully saturated rings. The van der Waals surface area contributed by atoms with E-state index in [1.165, 1.54) is 4.90 Å². The molecule has 33 heavy (non-hydrogen) atoms. The van der Waals surface area contributed by atoms with Crippen LogP contribution >= 0.6 is 0 Å². The molecule has 0 aliphatic carbocycles. The predicted molar refractivity (Wildman–Crippen MR) is 120 cm³/mol. The third-order valence-corrected chi connectivity index (χ3v) is 5.99. The van der Waals surface area contributed by atoms with Crippen LogP contribution in [-0.2, 0) is 17.8 Å². The molecule has 0 unspecified atom stereocenters. The molecule has 3 aromatic rings. The summed E-state index contributed by atoms with van der Waals surface area (Å²) in [6.07, 6.45) is 0.342. The summed E-state index contributed by atoms with van der Waals surface area (Å²) in [5, 5.41) is 12.2. The van der Waals surface area contributed by atoms with E-state index in [-0.39, 0.29) is 19.2 Å². The minimum absolute atomic E-state index is 0.168. The first-order valence-electron chi connectivity index (χ1n) is 10.6. The highest BCUT2D eigenvalue weighted by Crippen LogP contribution is 2.34. The fraction of sp³-hybridized carbons (Fsp3) is 0.192. The van der Waals surface area contributed by atoms with Gasteiger partial charge in [0.25, 0.3) is 5.91 Å². The van der Waals surface area contributed by atoms with Crippen LogP contribution in [-0.4, -0.2) is 29.2 Å². The highest BCUT2D eigenvalue weighted by molar-refractivity contribution is 6.06. The smallest absolute Gasteiger partial charge is 0.325 e. The first kappa shape index (κ1) is 20.6. The first-order valence-corrected chi connectivity index (χ1v) is 10.6. The van der Waals surface area contributed by atoms with Crippen molar-refractivity contribution in [2.75, 3.05) is 6.79 Å². The minimum Gasteiger partial charge on any atom is -0.454 e. The summed E-state index contributed by atoms with van der Waals surface area (Å²) in [7, 11) is 0. The summed E-state index contributed by atoms with van der Waals surface area (Å²) in [5.74, 6) is 1.04. The topological polar surface area (TPSA) is 91.7 Å². The Morgan fingerprint density at radius 2 is 1.73 bits per heavy atom. The van der Waals surface area contributed by atoms with Crippen molar-refractivity contribution in [1.29, 1.82) is 5.26 Å². The molecule has 1 atom stereocenters. The molecule has 2 aliphatic heterocycles. The Morgan fingerprint density at radius 3 is 2.52 bits per heavy atom. The van der Waals surface area contributed by atoms with Crippen molar-refractivity contribution in [3.8, 4) is 28.7 Å². The molecule has 7 heteroatoms. The number of urea groups is 1. The van der Waals surface area contributed by atoms with Crippen molar-refractivity contribution < 1.29 is 19.1 Å². The van der Waals surface area contributed by atoms with Crippen LogP contribution in [0.25, 0.3) is 11.1 Å². The Hall–Kier alpha value is -4.31. The first-order chi connectivity index (χ1) is 16.0. The molecule has 7 nitrogen and oxygen atoms in total. The standard InChI is InChI=1S/C26H21N3O4/c1-26(13-18-8-11-22-23(12-18)33-16-32-22)24(30)29(25(31)28-26)15-17-6-9-19(10-7-17)21-5-3-2-4-20(21)14-27/h2-12H,13,15-16H2,1H3,(H,28,31)/t26-/m0/s1. The van der Waals surface area contributed by atoms with Crippen LogP contribution in [0.4, 0.5) is 4.79 Å². The number of hydrogen-bond donors (Lipinski definition) is 1. The lowest BCUT2D eigenvalue weighted by atomic mass is 9.92. The third kappa shape index (κ3) is 3.76. The summed E-state index contributed by atoms with van der Waals surface area (Å²) >= 11 is 0. The number of amides is 3. The molecular weight excluding hydrogens is 418 g/mol.